The molecule has 0 radical (unpaired) electrons. The number of rotatable bonds is 5. The van der Waals surface area contributed by atoms with Crippen molar-refractivity contribution >= 4 is 11.9 Å². The first kappa shape index (κ1) is 16.7. The number of carbonyl (C=O) groups is 2. The molecule has 7 heteroatoms. The minimum Gasteiger partial charge on any atom is -0.469 e. The summed E-state index contributed by atoms with van der Waals surface area (Å²) in [4.78, 5) is 24.0. The SMILES string of the molecule is COC(=O)C[C@@H](NC(=O)c1c(C)noc1C)c1ccc(F)cc1. The number of aromatic nitrogens is 1. The second kappa shape index (κ2) is 7.04. The fourth-order valence-corrected chi connectivity index (χ4v) is 2.23. The lowest BCUT2D eigenvalue weighted by molar-refractivity contribution is -0.141. The van der Waals surface area contributed by atoms with Gasteiger partial charge in [-0.3, -0.25) is 9.59 Å². The Labute approximate surface area is 132 Å². The van der Waals surface area contributed by atoms with Crippen LogP contribution in [0.4, 0.5) is 4.39 Å². The topological polar surface area (TPSA) is 81.4 Å². The summed E-state index contributed by atoms with van der Waals surface area (Å²) in [5, 5.41) is 6.47. The molecule has 1 N–H and O–H groups in total. The minimum atomic E-state index is -0.649. The molecule has 0 saturated heterocycles. The van der Waals surface area contributed by atoms with Crippen molar-refractivity contribution in [2.45, 2.75) is 26.3 Å². The molecule has 0 spiro atoms. The van der Waals surface area contributed by atoms with E-state index in [0.717, 1.165) is 0 Å². The Kier molecular flexibility index (Phi) is 5.10. The predicted octanol–water partition coefficient (Wildman–Crippen LogP) is 2.46. The third kappa shape index (κ3) is 3.94. The number of halogens is 1. The van der Waals surface area contributed by atoms with Crippen molar-refractivity contribution in [3.8, 4) is 0 Å². The van der Waals surface area contributed by atoms with Crippen molar-refractivity contribution in [3.05, 3.63) is 52.7 Å². The summed E-state index contributed by atoms with van der Waals surface area (Å²) in [6, 6.07) is 4.90. The molecular formula is C16H17FN2O4. The molecule has 1 amide bonds. The number of carbonyl (C=O) groups excluding carboxylic acids is 2. The molecule has 0 bridgehead atoms. The Morgan fingerprint density at radius 1 is 1.30 bits per heavy atom. The van der Waals surface area contributed by atoms with Gasteiger partial charge in [-0.1, -0.05) is 17.3 Å². The second-order valence-electron chi connectivity index (χ2n) is 5.06. The molecule has 1 aromatic heterocycles. The van der Waals surface area contributed by atoms with Gasteiger partial charge in [-0.2, -0.15) is 0 Å². The standard InChI is InChI=1S/C16H17FN2O4/c1-9-15(10(2)23-19-9)16(21)18-13(8-14(20)22-3)11-4-6-12(17)7-5-11/h4-7,13H,8H2,1-3H3,(H,18,21)/t13-/m1/s1. The molecule has 1 heterocycles. The number of esters is 1. The molecular weight excluding hydrogens is 303 g/mol. The van der Waals surface area contributed by atoms with E-state index in [1.807, 2.05) is 0 Å². The quantitative estimate of drug-likeness (QED) is 0.856. The van der Waals surface area contributed by atoms with Crippen molar-refractivity contribution in [2.75, 3.05) is 7.11 Å². The maximum absolute atomic E-state index is 13.1. The first-order valence-corrected chi connectivity index (χ1v) is 6.98. The molecule has 2 aromatic rings. The van der Waals surface area contributed by atoms with Crippen LogP contribution in [0.2, 0.25) is 0 Å². The maximum atomic E-state index is 13.1. The highest BCUT2D eigenvalue weighted by molar-refractivity contribution is 5.96. The fraction of sp³-hybridized carbons (Fsp3) is 0.312. The van der Waals surface area contributed by atoms with E-state index in [0.29, 0.717) is 22.6 Å². The van der Waals surface area contributed by atoms with Crippen LogP contribution in [-0.4, -0.2) is 24.1 Å². The van der Waals surface area contributed by atoms with E-state index in [2.05, 4.69) is 15.2 Å². The molecule has 2 rings (SSSR count). The number of methoxy groups -OCH3 is 1. The fourth-order valence-electron chi connectivity index (χ4n) is 2.23. The van der Waals surface area contributed by atoms with Gasteiger partial charge in [-0.25, -0.2) is 4.39 Å². The highest BCUT2D eigenvalue weighted by Crippen LogP contribution is 2.20. The van der Waals surface area contributed by atoms with Gasteiger partial charge in [0.25, 0.3) is 5.91 Å². The number of nitrogens with one attached hydrogen (secondary N) is 1. The monoisotopic (exact) mass is 320 g/mol. The Hall–Kier alpha value is -2.70. The number of nitrogens with zero attached hydrogens (tertiary/aromatic N) is 1. The number of amides is 1. The van der Waals surface area contributed by atoms with Crippen LogP contribution >= 0.6 is 0 Å². The predicted molar refractivity (Wildman–Crippen MR) is 79.2 cm³/mol. The Balaban J connectivity index is 2.25. The van der Waals surface area contributed by atoms with Crippen LogP contribution in [0, 0.1) is 19.7 Å². The Morgan fingerprint density at radius 3 is 2.48 bits per heavy atom. The van der Waals surface area contributed by atoms with E-state index in [9.17, 15) is 14.0 Å². The van der Waals surface area contributed by atoms with Gasteiger partial charge in [0.2, 0.25) is 0 Å². The zero-order chi connectivity index (χ0) is 17.0. The van der Waals surface area contributed by atoms with Crippen molar-refractivity contribution in [1.29, 1.82) is 0 Å². The van der Waals surface area contributed by atoms with Crippen molar-refractivity contribution < 1.29 is 23.2 Å². The van der Waals surface area contributed by atoms with Crippen LogP contribution in [0.1, 0.15) is 39.8 Å². The van der Waals surface area contributed by atoms with E-state index >= 15 is 0 Å². The van der Waals surface area contributed by atoms with Crippen LogP contribution < -0.4 is 5.32 Å². The summed E-state index contributed by atoms with van der Waals surface area (Å²) in [6.07, 6.45) is -0.0722. The van der Waals surface area contributed by atoms with Crippen LogP contribution in [0.25, 0.3) is 0 Å². The number of aryl methyl sites for hydroxylation is 2. The molecule has 0 aliphatic carbocycles. The molecule has 6 nitrogen and oxygen atoms in total. The summed E-state index contributed by atoms with van der Waals surface area (Å²) in [6.45, 7) is 3.28. The molecule has 23 heavy (non-hydrogen) atoms. The first-order chi connectivity index (χ1) is 10.9. The highest BCUT2D eigenvalue weighted by Gasteiger charge is 2.23. The van der Waals surface area contributed by atoms with Gasteiger partial charge < -0.3 is 14.6 Å². The average Bonchev–Trinajstić information content (AvgIpc) is 2.86. The van der Waals surface area contributed by atoms with Gasteiger partial charge in [0.05, 0.1) is 25.3 Å². The Morgan fingerprint density at radius 2 is 1.96 bits per heavy atom. The average molecular weight is 320 g/mol. The molecule has 0 aliphatic heterocycles. The Bertz CT molecular complexity index is 690. The summed E-state index contributed by atoms with van der Waals surface area (Å²) < 4.78 is 22.7. The smallest absolute Gasteiger partial charge is 0.307 e. The van der Waals surface area contributed by atoms with Crippen LogP contribution in [0.5, 0.6) is 0 Å². The van der Waals surface area contributed by atoms with Gasteiger partial charge in [0.15, 0.2) is 0 Å². The van der Waals surface area contributed by atoms with E-state index in [1.54, 1.807) is 13.8 Å². The molecule has 1 atom stereocenters. The van der Waals surface area contributed by atoms with Crippen LogP contribution in [0.3, 0.4) is 0 Å². The van der Waals surface area contributed by atoms with E-state index < -0.39 is 23.7 Å². The van der Waals surface area contributed by atoms with Gasteiger partial charge in [0, 0.05) is 0 Å². The number of hydrogen-bond acceptors (Lipinski definition) is 5. The molecule has 0 saturated carbocycles. The zero-order valence-corrected chi connectivity index (χ0v) is 13.1. The number of hydrogen-bond donors (Lipinski definition) is 1. The van der Waals surface area contributed by atoms with Gasteiger partial charge >= 0.3 is 5.97 Å². The lowest BCUT2D eigenvalue weighted by atomic mass is 10.0. The van der Waals surface area contributed by atoms with E-state index in [-0.39, 0.29) is 6.42 Å². The summed E-state index contributed by atoms with van der Waals surface area (Å²) in [7, 11) is 1.26. The number of ether oxygens (including phenoxy) is 1. The van der Waals surface area contributed by atoms with Crippen molar-refractivity contribution in [2.24, 2.45) is 0 Å². The van der Waals surface area contributed by atoms with Crippen LogP contribution in [0.15, 0.2) is 28.8 Å². The van der Waals surface area contributed by atoms with Crippen molar-refractivity contribution in [1.82, 2.24) is 10.5 Å². The summed E-state index contributed by atoms with van der Waals surface area (Å²) in [5.74, 6) is -0.920. The van der Waals surface area contributed by atoms with Crippen LogP contribution in [-0.2, 0) is 9.53 Å². The molecule has 0 fully saturated rings. The molecule has 122 valence electrons. The van der Waals surface area contributed by atoms with Gasteiger partial charge in [-0.15, -0.1) is 0 Å². The second-order valence-corrected chi connectivity index (χ2v) is 5.06. The van der Waals surface area contributed by atoms with Gasteiger partial charge in [0.1, 0.15) is 17.1 Å². The van der Waals surface area contributed by atoms with Gasteiger partial charge in [-0.05, 0) is 31.5 Å². The first-order valence-electron chi connectivity index (χ1n) is 6.98. The third-order valence-electron chi connectivity index (χ3n) is 3.44. The zero-order valence-electron chi connectivity index (χ0n) is 13.1. The minimum absolute atomic E-state index is 0.0722. The normalized spacial score (nSPS) is 11.8. The van der Waals surface area contributed by atoms with E-state index in [4.69, 9.17) is 4.52 Å². The lowest BCUT2D eigenvalue weighted by Gasteiger charge is -2.18. The third-order valence-corrected chi connectivity index (χ3v) is 3.44. The molecule has 1 aromatic carbocycles. The molecule has 0 unspecified atom stereocenters. The summed E-state index contributed by atoms with van der Waals surface area (Å²) in [5.41, 5.74) is 1.37. The highest BCUT2D eigenvalue weighted by atomic mass is 19.1. The number of benzene rings is 1. The van der Waals surface area contributed by atoms with Crippen molar-refractivity contribution in [3.63, 3.8) is 0 Å². The summed E-state index contributed by atoms with van der Waals surface area (Å²) >= 11 is 0. The maximum Gasteiger partial charge on any atom is 0.307 e. The largest absolute Gasteiger partial charge is 0.469 e. The molecule has 0 aliphatic rings. The lowest BCUT2D eigenvalue weighted by Crippen LogP contribution is -2.31. The van der Waals surface area contributed by atoms with E-state index in [1.165, 1.54) is 31.4 Å².